The van der Waals surface area contributed by atoms with Gasteiger partial charge in [0.25, 0.3) is 0 Å². The van der Waals surface area contributed by atoms with E-state index in [-0.39, 0.29) is 6.03 Å². The Balaban J connectivity index is 3.71. The van der Waals surface area contributed by atoms with Gasteiger partial charge in [0.2, 0.25) is 0 Å². The number of rotatable bonds is 6. The lowest BCUT2D eigenvalue weighted by molar-refractivity contribution is 0.201. The average molecular weight is 201 g/mol. The quantitative estimate of drug-likeness (QED) is 0.670. The first kappa shape index (κ1) is 13.2. The summed E-state index contributed by atoms with van der Waals surface area (Å²) in [4.78, 5) is 13.3. The number of hydrogen-bond acceptors (Lipinski definition) is 2. The van der Waals surface area contributed by atoms with E-state index in [9.17, 15) is 4.79 Å². The van der Waals surface area contributed by atoms with Crippen LogP contribution in [0.15, 0.2) is 0 Å². The van der Waals surface area contributed by atoms with Crippen molar-refractivity contribution in [2.24, 2.45) is 5.92 Å². The Bertz CT molecular complexity index is 157. The predicted octanol–water partition coefficient (Wildman–Crippen LogP) is 0.893. The third kappa shape index (κ3) is 5.07. The molecule has 1 unspecified atom stereocenters. The molecule has 4 nitrogen and oxygen atoms in total. The lowest BCUT2D eigenvalue weighted by atomic mass is 10.2. The van der Waals surface area contributed by atoms with Crippen LogP contribution in [-0.4, -0.2) is 44.2 Å². The summed E-state index contributed by atoms with van der Waals surface area (Å²) in [6.45, 7) is 9.28. The molecular weight excluding hydrogens is 178 g/mol. The molecule has 4 heteroatoms. The highest BCUT2D eigenvalue weighted by Gasteiger charge is 2.09. The van der Waals surface area contributed by atoms with Gasteiger partial charge < -0.3 is 15.5 Å². The number of urea groups is 1. The fourth-order valence-electron chi connectivity index (χ4n) is 1.30. The van der Waals surface area contributed by atoms with Crippen molar-refractivity contribution < 1.29 is 4.79 Å². The summed E-state index contributed by atoms with van der Waals surface area (Å²) in [5.41, 5.74) is 0. The van der Waals surface area contributed by atoms with Crippen LogP contribution in [0.1, 0.15) is 20.8 Å². The molecule has 0 aromatic rings. The Hall–Kier alpha value is -0.770. The molecule has 0 aromatic heterocycles. The van der Waals surface area contributed by atoms with Gasteiger partial charge in [0.15, 0.2) is 0 Å². The molecule has 0 saturated carbocycles. The first-order chi connectivity index (χ1) is 6.65. The smallest absolute Gasteiger partial charge is 0.317 e. The third-order valence-electron chi connectivity index (χ3n) is 2.20. The number of carbonyl (C=O) groups is 1. The minimum Gasteiger partial charge on any atom is -0.338 e. The van der Waals surface area contributed by atoms with Crippen molar-refractivity contribution in [1.29, 1.82) is 0 Å². The van der Waals surface area contributed by atoms with E-state index < -0.39 is 0 Å². The number of nitrogens with zero attached hydrogens (tertiary/aromatic N) is 1. The molecule has 0 spiro atoms. The van der Waals surface area contributed by atoms with Crippen molar-refractivity contribution in [2.75, 3.05) is 33.2 Å². The maximum atomic E-state index is 11.5. The Morgan fingerprint density at radius 2 is 1.86 bits per heavy atom. The van der Waals surface area contributed by atoms with E-state index in [1.54, 1.807) is 4.90 Å². The zero-order valence-corrected chi connectivity index (χ0v) is 9.76. The summed E-state index contributed by atoms with van der Waals surface area (Å²) in [6, 6.07) is 0.0398. The van der Waals surface area contributed by atoms with Crippen molar-refractivity contribution in [3.63, 3.8) is 0 Å². The highest BCUT2D eigenvalue weighted by molar-refractivity contribution is 5.74. The molecule has 2 N–H and O–H groups in total. The molecule has 0 fully saturated rings. The van der Waals surface area contributed by atoms with Gasteiger partial charge in [-0.25, -0.2) is 4.79 Å². The zero-order chi connectivity index (χ0) is 11.0. The normalized spacial score (nSPS) is 12.3. The topological polar surface area (TPSA) is 44.4 Å². The van der Waals surface area contributed by atoms with Crippen LogP contribution in [-0.2, 0) is 0 Å². The van der Waals surface area contributed by atoms with Crippen LogP contribution in [0, 0.1) is 5.92 Å². The molecule has 84 valence electrons. The van der Waals surface area contributed by atoms with Gasteiger partial charge in [-0.1, -0.05) is 6.92 Å². The molecule has 0 heterocycles. The van der Waals surface area contributed by atoms with Crippen LogP contribution in [0.4, 0.5) is 4.79 Å². The van der Waals surface area contributed by atoms with Crippen LogP contribution >= 0.6 is 0 Å². The minimum absolute atomic E-state index is 0.0398. The van der Waals surface area contributed by atoms with Crippen molar-refractivity contribution >= 4 is 6.03 Å². The Morgan fingerprint density at radius 1 is 1.29 bits per heavy atom. The number of carbonyl (C=O) groups excluding carboxylic acids is 1. The van der Waals surface area contributed by atoms with Gasteiger partial charge >= 0.3 is 6.03 Å². The molecule has 0 saturated heterocycles. The van der Waals surface area contributed by atoms with Gasteiger partial charge in [-0.2, -0.15) is 0 Å². The molecule has 0 aromatic carbocycles. The van der Waals surface area contributed by atoms with E-state index in [2.05, 4.69) is 17.6 Å². The molecular formula is C10H23N3O. The van der Waals surface area contributed by atoms with Gasteiger partial charge in [0.1, 0.15) is 0 Å². The zero-order valence-electron chi connectivity index (χ0n) is 9.76. The van der Waals surface area contributed by atoms with Crippen molar-refractivity contribution in [2.45, 2.75) is 20.8 Å². The van der Waals surface area contributed by atoms with Gasteiger partial charge in [-0.15, -0.1) is 0 Å². The van der Waals surface area contributed by atoms with Gasteiger partial charge in [0.05, 0.1) is 0 Å². The first-order valence-corrected chi connectivity index (χ1v) is 5.33. The number of hydrogen-bond donors (Lipinski definition) is 2. The van der Waals surface area contributed by atoms with E-state index in [1.165, 1.54) is 0 Å². The maximum absolute atomic E-state index is 11.5. The largest absolute Gasteiger partial charge is 0.338 e. The van der Waals surface area contributed by atoms with Crippen LogP contribution in [0.5, 0.6) is 0 Å². The highest BCUT2D eigenvalue weighted by Crippen LogP contribution is 1.92. The Labute approximate surface area is 87.0 Å². The monoisotopic (exact) mass is 201 g/mol. The summed E-state index contributed by atoms with van der Waals surface area (Å²) in [7, 11) is 1.92. The molecule has 0 bridgehead atoms. The predicted molar refractivity (Wildman–Crippen MR) is 59.4 cm³/mol. The van der Waals surface area contributed by atoms with Crippen LogP contribution < -0.4 is 10.6 Å². The SMILES string of the molecule is CCN(CC)C(=O)NCC(C)CNC. The second kappa shape index (κ2) is 7.62. The van der Waals surface area contributed by atoms with Crippen LogP contribution in [0.25, 0.3) is 0 Å². The third-order valence-corrected chi connectivity index (χ3v) is 2.20. The summed E-state index contributed by atoms with van der Waals surface area (Å²) in [6.07, 6.45) is 0. The lowest BCUT2D eigenvalue weighted by Crippen LogP contribution is -2.42. The van der Waals surface area contributed by atoms with Crippen LogP contribution in [0.2, 0.25) is 0 Å². The first-order valence-electron chi connectivity index (χ1n) is 5.33. The summed E-state index contributed by atoms with van der Waals surface area (Å²) < 4.78 is 0. The molecule has 0 aliphatic carbocycles. The molecule has 0 radical (unpaired) electrons. The van der Waals surface area contributed by atoms with Crippen molar-refractivity contribution in [3.05, 3.63) is 0 Å². The maximum Gasteiger partial charge on any atom is 0.317 e. The van der Waals surface area contributed by atoms with Gasteiger partial charge in [-0.3, -0.25) is 0 Å². The summed E-state index contributed by atoms with van der Waals surface area (Å²) in [5, 5.41) is 6.00. The van der Waals surface area contributed by atoms with Crippen molar-refractivity contribution in [1.82, 2.24) is 15.5 Å². The Morgan fingerprint density at radius 3 is 2.29 bits per heavy atom. The molecule has 14 heavy (non-hydrogen) atoms. The Kier molecular flexibility index (Phi) is 7.20. The summed E-state index contributed by atoms with van der Waals surface area (Å²) in [5.74, 6) is 0.472. The molecule has 2 amide bonds. The highest BCUT2D eigenvalue weighted by atomic mass is 16.2. The number of nitrogens with one attached hydrogen (secondary N) is 2. The van der Waals surface area contributed by atoms with Gasteiger partial charge in [-0.05, 0) is 33.4 Å². The minimum atomic E-state index is 0.0398. The average Bonchev–Trinajstić information content (AvgIpc) is 2.17. The fourth-order valence-corrected chi connectivity index (χ4v) is 1.30. The van der Waals surface area contributed by atoms with E-state index in [0.29, 0.717) is 5.92 Å². The van der Waals surface area contributed by atoms with Gasteiger partial charge in [0, 0.05) is 19.6 Å². The molecule has 0 aliphatic heterocycles. The second-order valence-electron chi connectivity index (χ2n) is 3.52. The van der Waals surface area contributed by atoms with E-state index in [4.69, 9.17) is 0 Å². The van der Waals surface area contributed by atoms with Crippen molar-refractivity contribution in [3.8, 4) is 0 Å². The molecule has 0 rings (SSSR count). The standard InChI is InChI=1S/C10H23N3O/c1-5-13(6-2)10(14)12-8-9(3)7-11-4/h9,11H,5-8H2,1-4H3,(H,12,14). The molecule has 1 atom stereocenters. The number of amides is 2. The van der Waals surface area contributed by atoms with E-state index >= 15 is 0 Å². The van der Waals surface area contributed by atoms with E-state index in [1.807, 2.05) is 20.9 Å². The molecule has 0 aliphatic rings. The summed E-state index contributed by atoms with van der Waals surface area (Å²) >= 11 is 0. The van der Waals surface area contributed by atoms with E-state index in [0.717, 1.165) is 26.2 Å². The lowest BCUT2D eigenvalue weighted by Gasteiger charge is -2.20. The fraction of sp³-hybridized carbons (Fsp3) is 0.900. The second-order valence-corrected chi connectivity index (χ2v) is 3.52. The van der Waals surface area contributed by atoms with Crippen LogP contribution in [0.3, 0.4) is 0 Å².